The van der Waals surface area contributed by atoms with Crippen LogP contribution in [0.25, 0.3) is 0 Å². The molecule has 3 rings (SSSR count). The van der Waals surface area contributed by atoms with E-state index >= 15 is 0 Å². The van der Waals surface area contributed by atoms with Crippen molar-refractivity contribution in [3.8, 4) is 0 Å². The van der Waals surface area contributed by atoms with Crippen LogP contribution in [0.5, 0.6) is 0 Å². The molecule has 1 N–H and O–H groups in total. The summed E-state index contributed by atoms with van der Waals surface area (Å²) in [5.41, 5.74) is 2.01. The fourth-order valence-electron chi connectivity index (χ4n) is 4.81. The summed E-state index contributed by atoms with van der Waals surface area (Å²) in [6, 6.07) is 6.65. The Labute approximate surface area is 196 Å². The second kappa shape index (κ2) is 11.9. The van der Waals surface area contributed by atoms with Crippen molar-refractivity contribution >= 4 is 35.0 Å². The maximum atomic E-state index is 13.6. The number of rotatable bonds is 8. The number of carbonyl (C=O) groups excluding carboxylic acids is 2. The van der Waals surface area contributed by atoms with Crippen LogP contribution in [-0.4, -0.2) is 35.2 Å². The molecule has 1 fully saturated rings. The molecule has 1 aromatic carbocycles. The SMILES string of the molecule is C[C@@H]1CCCC[C@H]1NC(=O)[C@@H](c1ccccc1Cl)N(CCC1=CCCCC1)C(=O)CCl. The van der Waals surface area contributed by atoms with E-state index in [1.165, 1.54) is 24.8 Å². The van der Waals surface area contributed by atoms with E-state index in [1.54, 1.807) is 11.0 Å². The molecule has 0 aliphatic heterocycles. The van der Waals surface area contributed by atoms with Gasteiger partial charge in [0, 0.05) is 23.2 Å². The van der Waals surface area contributed by atoms with Crippen LogP contribution in [0.4, 0.5) is 0 Å². The van der Waals surface area contributed by atoms with Gasteiger partial charge in [-0.2, -0.15) is 0 Å². The number of carbonyl (C=O) groups is 2. The third-order valence-electron chi connectivity index (χ3n) is 6.69. The second-order valence-electron chi connectivity index (χ2n) is 8.88. The Bertz CT molecular complexity index is 795. The number of hydrogen-bond acceptors (Lipinski definition) is 2. The molecular formula is C25H34Cl2N2O2. The molecule has 2 aliphatic rings. The fourth-order valence-corrected chi connectivity index (χ4v) is 5.20. The molecule has 1 aromatic rings. The average molecular weight is 465 g/mol. The molecule has 0 heterocycles. The molecule has 0 saturated heterocycles. The average Bonchev–Trinajstić information content (AvgIpc) is 2.79. The van der Waals surface area contributed by atoms with E-state index in [2.05, 4.69) is 18.3 Å². The predicted octanol–water partition coefficient (Wildman–Crippen LogP) is 6.03. The van der Waals surface area contributed by atoms with Gasteiger partial charge in [-0.25, -0.2) is 0 Å². The Morgan fingerprint density at radius 2 is 1.94 bits per heavy atom. The van der Waals surface area contributed by atoms with E-state index in [0.717, 1.165) is 38.5 Å². The molecule has 0 spiro atoms. The van der Waals surface area contributed by atoms with Gasteiger partial charge in [0.05, 0.1) is 0 Å². The first-order chi connectivity index (χ1) is 15.0. The van der Waals surface area contributed by atoms with Gasteiger partial charge >= 0.3 is 0 Å². The van der Waals surface area contributed by atoms with Gasteiger partial charge in [-0.3, -0.25) is 9.59 Å². The van der Waals surface area contributed by atoms with Crippen molar-refractivity contribution in [3.63, 3.8) is 0 Å². The number of amides is 2. The summed E-state index contributed by atoms with van der Waals surface area (Å²) in [5.74, 6) is -0.139. The normalized spacial score (nSPS) is 22.4. The highest BCUT2D eigenvalue weighted by atomic mass is 35.5. The number of halogens is 2. The number of nitrogens with zero attached hydrogens (tertiary/aromatic N) is 1. The van der Waals surface area contributed by atoms with E-state index in [4.69, 9.17) is 23.2 Å². The minimum Gasteiger partial charge on any atom is -0.351 e. The van der Waals surface area contributed by atoms with Crippen molar-refractivity contribution in [3.05, 3.63) is 46.5 Å². The van der Waals surface area contributed by atoms with Crippen molar-refractivity contribution in [2.45, 2.75) is 76.8 Å². The highest BCUT2D eigenvalue weighted by Crippen LogP contribution is 2.31. The van der Waals surface area contributed by atoms with E-state index in [0.29, 0.717) is 23.0 Å². The second-order valence-corrected chi connectivity index (χ2v) is 9.55. The van der Waals surface area contributed by atoms with Gasteiger partial charge in [-0.15, -0.1) is 11.6 Å². The lowest BCUT2D eigenvalue weighted by atomic mass is 9.85. The van der Waals surface area contributed by atoms with Gasteiger partial charge in [0.1, 0.15) is 11.9 Å². The molecule has 0 aromatic heterocycles. The van der Waals surface area contributed by atoms with Crippen molar-refractivity contribution in [2.75, 3.05) is 12.4 Å². The van der Waals surface area contributed by atoms with E-state index in [-0.39, 0.29) is 23.7 Å². The molecule has 0 bridgehead atoms. The summed E-state index contributed by atoms with van der Waals surface area (Å²) < 4.78 is 0. The molecule has 0 radical (unpaired) electrons. The Morgan fingerprint density at radius 3 is 2.61 bits per heavy atom. The lowest BCUT2D eigenvalue weighted by Crippen LogP contribution is -2.49. The Hall–Kier alpha value is -1.52. The summed E-state index contributed by atoms with van der Waals surface area (Å²) in [4.78, 5) is 28.2. The molecular weight excluding hydrogens is 431 g/mol. The van der Waals surface area contributed by atoms with Crippen LogP contribution in [0.3, 0.4) is 0 Å². The van der Waals surface area contributed by atoms with Crippen molar-refractivity contribution in [2.24, 2.45) is 5.92 Å². The van der Waals surface area contributed by atoms with Gasteiger partial charge in [0.15, 0.2) is 0 Å². The van der Waals surface area contributed by atoms with Crippen LogP contribution < -0.4 is 5.32 Å². The number of alkyl halides is 1. The van der Waals surface area contributed by atoms with Gasteiger partial charge in [-0.05, 0) is 56.9 Å². The quantitative estimate of drug-likeness (QED) is 0.376. The van der Waals surface area contributed by atoms with Crippen LogP contribution in [0, 0.1) is 5.92 Å². The lowest BCUT2D eigenvalue weighted by molar-refractivity contribution is -0.139. The summed E-state index contributed by atoms with van der Waals surface area (Å²) in [6.45, 7) is 2.65. The summed E-state index contributed by atoms with van der Waals surface area (Å²) >= 11 is 12.5. The molecule has 170 valence electrons. The van der Waals surface area contributed by atoms with Gasteiger partial charge in [0.2, 0.25) is 11.8 Å². The highest BCUT2D eigenvalue weighted by Gasteiger charge is 2.34. The Morgan fingerprint density at radius 1 is 1.16 bits per heavy atom. The first kappa shape index (κ1) is 24.1. The van der Waals surface area contributed by atoms with E-state index in [1.807, 2.05) is 18.2 Å². The molecule has 1 saturated carbocycles. The molecule has 0 unspecified atom stereocenters. The molecule has 2 aliphatic carbocycles. The molecule has 2 amide bonds. The Kier molecular flexibility index (Phi) is 9.28. The standard InChI is InChI=1S/C25H34Cl2N2O2/c1-18-9-5-8-14-22(18)28-25(31)24(20-12-6-7-13-21(20)27)29(23(30)17-26)16-15-19-10-3-2-4-11-19/h6-7,10,12-13,18,22,24H,2-5,8-9,11,14-17H2,1H3,(H,28,31)/t18-,22-,24-/m1/s1. The van der Waals surface area contributed by atoms with Crippen LogP contribution >= 0.6 is 23.2 Å². The zero-order valence-corrected chi connectivity index (χ0v) is 19.9. The summed E-state index contributed by atoms with van der Waals surface area (Å²) in [6.07, 6.45) is 12.0. The number of allylic oxidation sites excluding steroid dienone is 1. The van der Waals surface area contributed by atoms with E-state index < -0.39 is 6.04 Å². The van der Waals surface area contributed by atoms with Gasteiger partial charge in [-0.1, -0.05) is 61.2 Å². The molecule has 4 nitrogen and oxygen atoms in total. The largest absolute Gasteiger partial charge is 0.351 e. The zero-order chi connectivity index (χ0) is 22.2. The third-order valence-corrected chi connectivity index (χ3v) is 7.27. The number of nitrogens with one attached hydrogen (secondary N) is 1. The monoisotopic (exact) mass is 464 g/mol. The molecule has 31 heavy (non-hydrogen) atoms. The smallest absolute Gasteiger partial charge is 0.247 e. The number of benzene rings is 1. The van der Waals surface area contributed by atoms with Gasteiger partial charge < -0.3 is 10.2 Å². The fraction of sp³-hybridized carbons (Fsp3) is 0.600. The highest BCUT2D eigenvalue weighted by molar-refractivity contribution is 6.31. The van der Waals surface area contributed by atoms with E-state index in [9.17, 15) is 9.59 Å². The van der Waals surface area contributed by atoms with Crippen molar-refractivity contribution in [1.29, 1.82) is 0 Å². The van der Waals surface area contributed by atoms with Gasteiger partial charge in [0.25, 0.3) is 0 Å². The molecule has 3 atom stereocenters. The summed E-state index contributed by atoms with van der Waals surface area (Å²) in [7, 11) is 0. The topological polar surface area (TPSA) is 49.4 Å². The minimum absolute atomic E-state index is 0.125. The number of hydrogen-bond donors (Lipinski definition) is 1. The van der Waals surface area contributed by atoms with Crippen molar-refractivity contribution < 1.29 is 9.59 Å². The van der Waals surface area contributed by atoms with Crippen LogP contribution in [-0.2, 0) is 9.59 Å². The van der Waals surface area contributed by atoms with Crippen LogP contribution in [0.2, 0.25) is 5.02 Å². The predicted molar refractivity (Wildman–Crippen MR) is 127 cm³/mol. The minimum atomic E-state index is -0.779. The molecule has 6 heteroatoms. The Balaban J connectivity index is 1.87. The van der Waals surface area contributed by atoms with Crippen molar-refractivity contribution in [1.82, 2.24) is 10.2 Å². The maximum Gasteiger partial charge on any atom is 0.247 e. The summed E-state index contributed by atoms with van der Waals surface area (Å²) in [5, 5.41) is 3.73. The zero-order valence-electron chi connectivity index (χ0n) is 18.4. The first-order valence-corrected chi connectivity index (χ1v) is 12.5. The van der Waals surface area contributed by atoms with Crippen LogP contribution in [0.1, 0.15) is 76.3 Å². The first-order valence-electron chi connectivity index (χ1n) is 11.6. The third kappa shape index (κ3) is 6.49. The van der Waals surface area contributed by atoms with Crippen LogP contribution in [0.15, 0.2) is 35.9 Å². The lowest BCUT2D eigenvalue weighted by Gasteiger charge is -2.35. The maximum absolute atomic E-state index is 13.6.